The highest BCUT2D eigenvalue weighted by Gasteiger charge is 2.46. The predicted molar refractivity (Wildman–Crippen MR) is 60.9 cm³/mol. The Balaban J connectivity index is 2.98. The highest BCUT2D eigenvalue weighted by Crippen LogP contribution is 2.20. The number of rotatable bonds is 5. The van der Waals surface area contributed by atoms with E-state index < -0.39 is 11.5 Å². The molecule has 0 aromatic heterocycles. The zero-order valence-electron chi connectivity index (χ0n) is 9.82. The molecule has 0 aliphatic carbocycles. The number of Topliss-reactive ketones (excluding diaryl/α,β-unsaturated/α-hetero) is 1. The van der Waals surface area contributed by atoms with E-state index in [2.05, 4.69) is 9.98 Å². The molecule has 0 spiro atoms. The van der Waals surface area contributed by atoms with Gasteiger partial charge in [0.05, 0.1) is 12.8 Å². The third kappa shape index (κ3) is 2.18. The maximum Gasteiger partial charge on any atom is 0.347 e. The molecule has 5 nitrogen and oxygen atoms in total. The van der Waals surface area contributed by atoms with Gasteiger partial charge in [0.2, 0.25) is 0 Å². The third-order valence-electron chi connectivity index (χ3n) is 2.30. The number of nitrogens with zero attached hydrogens (tertiary/aromatic N) is 2. The van der Waals surface area contributed by atoms with Crippen LogP contribution in [0.2, 0.25) is 0 Å². The van der Waals surface area contributed by atoms with Gasteiger partial charge in [0.1, 0.15) is 5.84 Å². The molecule has 0 amide bonds. The molecule has 0 aromatic carbocycles. The largest absolute Gasteiger partial charge is 0.464 e. The molecule has 0 aromatic rings. The standard InChI is InChI=1S/C11H16N2O3/c1-4-6-9-12-7-11(13-9,8(3)14)10(15)16-5-2/h7H,4-6H2,1-3H3. The van der Waals surface area contributed by atoms with Gasteiger partial charge in [-0.25, -0.2) is 14.8 Å². The molecule has 88 valence electrons. The highest BCUT2D eigenvalue weighted by atomic mass is 16.5. The lowest BCUT2D eigenvalue weighted by atomic mass is 9.98. The van der Waals surface area contributed by atoms with Crippen LogP contribution in [0.15, 0.2) is 9.98 Å². The molecular formula is C11H16N2O3. The van der Waals surface area contributed by atoms with Gasteiger partial charge < -0.3 is 4.74 Å². The Morgan fingerprint density at radius 2 is 2.12 bits per heavy atom. The van der Waals surface area contributed by atoms with Gasteiger partial charge in [0.25, 0.3) is 5.54 Å². The Bertz CT molecular complexity index is 360. The lowest BCUT2D eigenvalue weighted by Gasteiger charge is -2.16. The molecule has 1 heterocycles. The fourth-order valence-corrected chi connectivity index (χ4v) is 1.43. The SMILES string of the molecule is CCCC1=NC(C(C)=O)(C(=O)OCC)C=N1. The van der Waals surface area contributed by atoms with Gasteiger partial charge in [-0.1, -0.05) is 6.92 Å². The Morgan fingerprint density at radius 3 is 2.62 bits per heavy atom. The van der Waals surface area contributed by atoms with Crippen molar-refractivity contribution < 1.29 is 14.3 Å². The molecule has 0 bridgehead atoms. The number of amidine groups is 1. The van der Waals surface area contributed by atoms with Crippen LogP contribution in [0.3, 0.4) is 0 Å². The number of hydrogen-bond donors (Lipinski definition) is 0. The molecule has 1 atom stereocenters. The number of carbonyl (C=O) groups excluding carboxylic acids is 2. The summed E-state index contributed by atoms with van der Waals surface area (Å²) in [7, 11) is 0. The quantitative estimate of drug-likeness (QED) is 0.519. The second kappa shape index (κ2) is 5.01. The van der Waals surface area contributed by atoms with Crippen LogP contribution in [0.25, 0.3) is 0 Å². The first-order valence-electron chi connectivity index (χ1n) is 5.39. The zero-order valence-corrected chi connectivity index (χ0v) is 9.82. The van der Waals surface area contributed by atoms with Gasteiger partial charge in [-0.15, -0.1) is 0 Å². The molecule has 1 unspecified atom stereocenters. The van der Waals surface area contributed by atoms with E-state index in [0.29, 0.717) is 12.3 Å². The summed E-state index contributed by atoms with van der Waals surface area (Å²) in [6.45, 7) is 5.21. The average molecular weight is 224 g/mol. The Morgan fingerprint density at radius 1 is 1.44 bits per heavy atom. The van der Waals surface area contributed by atoms with Gasteiger partial charge >= 0.3 is 5.97 Å². The molecular weight excluding hydrogens is 208 g/mol. The summed E-state index contributed by atoms with van der Waals surface area (Å²) in [4.78, 5) is 31.4. The first-order valence-corrected chi connectivity index (χ1v) is 5.39. The van der Waals surface area contributed by atoms with Crippen LogP contribution in [0.1, 0.15) is 33.6 Å². The molecule has 1 rings (SSSR count). The van der Waals surface area contributed by atoms with Crippen molar-refractivity contribution >= 4 is 23.8 Å². The summed E-state index contributed by atoms with van der Waals surface area (Å²) in [5.41, 5.74) is -1.53. The molecule has 0 radical (unpaired) electrons. The molecule has 5 heteroatoms. The maximum absolute atomic E-state index is 11.7. The monoisotopic (exact) mass is 224 g/mol. The van der Waals surface area contributed by atoms with E-state index in [1.807, 2.05) is 6.92 Å². The second-order valence-corrected chi connectivity index (χ2v) is 3.58. The van der Waals surface area contributed by atoms with E-state index in [1.54, 1.807) is 6.92 Å². The lowest BCUT2D eigenvalue weighted by molar-refractivity contribution is -0.149. The van der Waals surface area contributed by atoms with Crippen molar-refractivity contribution in [2.24, 2.45) is 9.98 Å². The van der Waals surface area contributed by atoms with Crippen LogP contribution < -0.4 is 0 Å². The van der Waals surface area contributed by atoms with Gasteiger partial charge in [-0.2, -0.15) is 0 Å². The number of ketones is 1. The normalized spacial score (nSPS) is 23.1. The van der Waals surface area contributed by atoms with Gasteiger partial charge in [0, 0.05) is 6.42 Å². The van der Waals surface area contributed by atoms with Crippen molar-refractivity contribution in [3.8, 4) is 0 Å². The summed E-state index contributed by atoms with van der Waals surface area (Å²) in [6.07, 6.45) is 2.82. The summed E-state index contributed by atoms with van der Waals surface area (Å²) in [5, 5.41) is 0. The van der Waals surface area contributed by atoms with E-state index in [-0.39, 0.29) is 12.4 Å². The molecule has 1 aliphatic heterocycles. The average Bonchev–Trinajstić information content (AvgIpc) is 2.64. The zero-order chi connectivity index (χ0) is 12.2. The predicted octanol–water partition coefficient (Wildman–Crippen LogP) is 1.16. The number of ether oxygens (including phenoxy) is 1. The Hall–Kier alpha value is -1.52. The van der Waals surface area contributed by atoms with Crippen LogP contribution in [0.4, 0.5) is 0 Å². The highest BCUT2D eigenvalue weighted by molar-refractivity contribution is 6.26. The number of carbonyl (C=O) groups is 2. The van der Waals surface area contributed by atoms with Crippen molar-refractivity contribution in [3.05, 3.63) is 0 Å². The van der Waals surface area contributed by atoms with Crippen LogP contribution in [-0.4, -0.2) is 35.9 Å². The molecule has 0 saturated carbocycles. The number of esters is 1. The van der Waals surface area contributed by atoms with Crippen LogP contribution >= 0.6 is 0 Å². The first kappa shape index (κ1) is 12.5. The van der Waals surface area contributed by atoms with Gasteiger partial charge in [0.15, 0.2) is 5.78 Å². The maximum atomic E-state index is 11.7. The van der Waals surface area contributed by atoms with Crippen LogP contribution in [0.5, 0.6) is 0 Å². The summed E-state index contributed by atoms with van der Waals surface area (Å²) in [6, 6.07) is 0. The lowest BCUT2D eigenvalue weighted by Crippen LogP contribution is -2.45. The topological polar surface area (TPSA) is 68.1 Å². The Labute approximate surface area is 94.6 Å². The van der Waals surface area contributed by atoms with Gasteiger partial charge in [-0.05, 0) is 20.3 Å². The van der Waals surface area contributed by atoms with Crippen molar-refractivity contribution in [2.45, 2.75) is 39.2 Å². The van der Waals surface area contributed by atoms with Gasteiger partial charge in [-0.3, -0.25) is 4.79 Å². The number of hydrogen-bond acceptors (Lipinski definition) is 5. The van der Waals surface area contributed by atoms with E-state index in [0.717, 1.165) is 6.42 Å². The van der Waals surface area contributed by atoms with E-state index in [9.17, 15) is 9.59 Å². The molecule has 16 heavy (non-hydrogen) atoms. The molecule has 0 saturated heterocycles. The summed E-state index contributed by atoms with van der Waals surface area (Å²) < 4.78 is 4.86. The summed E-state index contributed by atoms with van der Waals surface area (Å²) >= 11 is 0. The van der Waals surface area contributed by atoms with E-state index >= 15 is 0 Å². The third-order valence-corrected chi connectivity index (χ3v) is 2.30. The van der Waals surface area contributed by atoms with Crippen molar-refractivity contribution in [1.82, 2.24) is 0 Å². The van der Waals surface area contributed by atoms with E-state index in [1.165, 1.54) is 13.1 Å². The minimum atomic E-state index is -1.53. The molecule has 1 aliphatic rings. The van der Waals surface area contributed by atoms with Crippen molar-refractivity contribution in [2.75, 3.05) is 6.61 Å². The van der Waals surface area contributed by atoms with Crippen molar-refractivity contribution in [3.63, 3.8) is 0 Å². The smallest absolute Gasteiger partial charge is 0.347 e. The molecule has 0 fully saturated rings. The minimum absolute atomic E-state index is 0.223. The minimum Gasteiger partial charge on any atom is -0.464 e. The van der Waals surface area contributed by atoms with Crippen molar-refractivity contribution in [1.29, 1.82) is 0 Å². The molecule has 0 N–H and O–H groups in total. The fraction of sp³-hybridized carbons (Fsp3) is 0.636. The fourth-order valence-electron chi connectivity index (χ4n) is 1.43. The number of aliphatic imine (C=N–C) groups is 2. The van der Waals surface area contributed by atoms with Crippen LogP contribution in [0, 0.1) is 0 Å². The van der Waals surface area contributed by atoms with Crippen LogP contribution in [-0.2, 0) is 14.3 Å². The first-order chi connectivity index (χ1) is 7.56. The summed E-state index contributed by atoms with van der Waals surface area (Å²) in [5.74, 6) is -0.469. The Kier molecular flexibility index (Phi) is 3.93. The second-order valence-electron chi connectivity index (χ2n) is 3.58. The van der Waals surface area contributed by atoms with E-state index in [4.69, 9.17) is 4.74 Å².